The van der Waals surface area contributed by atoms with E-state index in [1.807, 2.05) is 6.92 Å². The molecule has 2 rings (SSSR count). The van der Waals surface area contributed by atoms with E-state index in [9.17, 15) is 17.6 Å². The normalized spacial score (nSPS) is 12.6. The molecule has 0 amide bonds. The molecule has 2 aromatic rings. The molecule has 0 fully saturated rings. The highest BCUT2D eigenvalue weighted by atomic mass is 32.2. The van der Waals surface area contributed by atoms with Gasteiger partial charge in [0.25, 0.3) is 0 Å². The molecular weight excluding hydrogens is 345 g/mol. The Bertz CT molecular complexity index is 834. The first-order valence-electron chi connectivity index (χ1n) is 7.86. The third-order valence-electron chi connectivity index (χ3n) is 3.63. The van der Waals surface area contributed by atoms with E-state index < -0.39 is 21.8 Å². The molecular formula is C18H20FNO4S. The molecule has 0 aliphatic rings. The fourth-order valence-electron chi connectivity index (χ4n) is 2.05. The Morgan fingerprint density at radius 2 is 1.88 bits per heavy atom. The Hall–Kier alpha value is -2.25. The summed E-state index contributed by atoms with van der Waals surface area (Å²) in [6.07, 6.45) is 0.670. The highest BCUT2D eigenvalue weighted by Gasteiger charge is 2.17. The minimum atomic E-state index is -3.62. The second-order valence-electron chi connectivity index (χ2n) is 5.66. The van der Waals surface area contributed by atoms with E-state index >= 15 is 0 Å². The minimum absolute atomic E-state index is 0.0633. The molecule has 5 nitrogen and oxygen atoms in total. The van der Waals surface area contributed by atoms with Crippen molar-refractivity contribution in [1.82, 2.24) is 4.72 Å². The summed E-state index contributed by atoms with van der Waals surface area (Å²) < 4.78 is 45.1. The van der Waals surface area contributed by atoms with Crippen molar-refractivity contribution in [3.63, 3.8) is 0 Å². The molecule has 0 radical (unpaired) electrons. The molecule has 0 spiro atoms. The van der Waals surface area contributed by atoms with Crippen molar-refractivity contribution < 1.29 is 22.3 Å². The van der Waals surface area contributed by atoms with Gasteiger partial charge < -0.3 is 4.74 Å². The number of hydrogen-bond donors (Lipinski definition) is 1. The third-order valence-corrected chi connectivity index (χ3v) is 5.23. The molecule has 25 heavy (non-hydrogen) atoms. The summed E-state index contributed by atoms with van der Waals surface area (Å²) in [6.45, 7) is 3.59. The average molecular weight is 365 g/mol. The molecule has 0 heterocycles. The number of esters is 1. The Morgan fingerprint density at radius 3 is 2.48 bits per heavy atom. The molecule has 1 N–H and O–H groups in total. The van der Waals surface area contributed by atoms with Crippen LogP contribution in [0, 0.1) is 5.82 Å². The number of carbonyl (C=O) groups is 1. The second kappa shape index (κ2) is 8.22. The van der Waals surface area contributed by atoms with Crippen LogP contribution in [0.3, 0.4) is 0 Å². The van der Waals surface area contributed by atoms with Crippen LogP contribution in [0.25, 0.3) is 0 Å². The maximum absolute atomic E-state index is 13.1. The lowest BCUT2D eigenvalue weighted by Crippen LogP contribution is -2.32. The average Bonchev–Trinajstić information content (AvgIpc) is 2.59. The summed E-state index contributed by atoms with van der Waals surface area (Å²) in [4.78, 5) is 12.1. The van der Waals surface area contributed by atoms with Crippen LogP contribution in [-0.4, -0.2) is 20.4 Å². The van der Waals surface area contributed by atoms with Crippen molar-refractivity contribution in [2.75, 3.05) is 0 Å². The molecule has 0 bridgehead atoms. The Labute approximate surface area is 146 Å². The van der Waals surface area contributed by atoms with Gasteiger partial charge in [-0.05, 0) is 55.3 Å². The van der Waals surface area contributed by atoms with Gasteiger partial charge in [0.1, 0.15) is 12.4 Å². The highest BCUT2D eigenvalue weighted by Crippen LogP contribution is 2.13. The van der Waals surface area contributed by atoms with Crippen LogP contribution in [0.4, 0.5) is 4.39 Å². The van der Waals surface area contributed by atoms with Crippen LogP contribution in [0.2, 0.25) is 0 Å². The zero-order chi connectivity index (χ0) is 18.4. The topological polar surface area (TPSA) is 72.5 Å². The Kier molecular flexibility index (Phi) is 6.27. The molecule has 134 valence electrons. The highest BCUT2D eigenvalue weighted by molar-refractivity contribution is 7.89. The van der Waals surface area contributed by atoms with Gasteiger partial charge in [-0.25, -0.2) is 22.3 Å². The van der Waals surface area contributed by atoms with E-state index in [-0.39, 0.29) is 23.1 Å². The van der Waals surface area contributed by atoms with E-state index in [0.29, 0.717) is 12.0 Å². The fraction of sp³-hybridized carbons (Fsp3) is 0.278. The van der Waals surface area contributed by atoms with Crippen molar-refractivity contribution in [2.45, 2.75) is 37.8 Å². The van der Waals surface area contributed by atoms with Crippen LogP contribution < -0.4 is 4.72 Å². The lowest BCUT2D eigenvalue weighted by molar-refractivity contribution is 0.0472. The van der Waals surface area contributed by atoms with Gasteiger partial charge in [0, 0.05) is 6.04 Å². The Morgan fingerprint density at radius 1 is 1.20 bits per heavy atom. The van der Waals surface area contributed by atoms with Crippen molar-refractivity contribution >= 4 is 16.0 Å². The van der Waals surface area contributed by atoms with E-state index in [1.54, 1.807) is 13.0 Å². The number of sulfonamides is 1. The Balaban J connectivity index is 2.02. The van der Waals surface area contributed by atoms with E-state index in [1.165, 1.54) is 42.5 Å². The zero-order valence-corrected chi connectivity index (χ0v) is 14.8. The first-order chi connectivity index (χ1) is 11.8. The monoisotopic (exact) mass is 365 g/mol. The SMILES string of the molecule is CCC(C)NS(=O)(=O)c1ccc(C(=O)OCc2cccc(F)c2)cc1. The summed E-state index contributed by atoms with van der Waals surface area (Å²) >= 11 is 0. The zero-order valence-electron chi connectivity index (χ0n) is 14.0. The fourth-order valence-corrected chi connectivity index (χ4v) is 3.37. The van der Waals surface area contributed by atoms with E-state index in [4.69, 9.17) is 4.74 Å². The predicted molar refractivity (Wildman–Crippen MR) is 92.0 cm³/mol. The number of rotatable bonds is 7. The minimum Gasteiger partial charge on any atom is -0.457 e. The lowest BCUT2D eigenvalue weighted by Gasteiger charge is -2.12. The maximum atomic E-state index is 13.1. The van der Waals surface area contributed by atoms with Gasteiger partial charge in [-0.3, -0.25) is 0 Å². The first-order valence-corrected chi connectivity index (χ1v) is 9.34. The molecule has 1 unspecified atom stereocenters. The molecule has 1 atom stereocenters. The molecule has 0 aliphatic heterocycles. The summed E-state index contributed by atoms with van der Waals surface area (Å²) in [5.41, 5.74) is 0.754. The third kappa shape index (κ3) is 5.37. The van der Waals surface area contributed by atoms with Crippen molar-refractivity contribution in [3.05, 3.63) is 65.5 Å². The largest absolute Gasteiger partial charge is 0.457 e. The summed E-state index contributed by atoms with van der Waals surface area (Å²) in [5, 5.41) is 0. The van der Waals surface area contributed by atoms with Crippen molar-refractivity contribution in [3.8, 4) is 0 Å². The number of nitrogens with one attached hydrogen (secondary N) is 1. The number of hydrogen-bond acceptors (Lipinski definition) is 4. The quantitative estimate of drug-likeness (QED) is 0.765. The maximum Gasteiger partial charge on any atom is 0.338 e. The second-order valence-corrected chi connectivity index (χ2v) is 7.37. The molecule has 0 saturated heterocycles. The summed E-state index contributed by atoms with van der Waals surface area (Å²) in [5.74, 6) is -1.01. The van der Waals surface area contributed by atoms with Gasteiger partial charge in [-0.1, -0.05) is 19.1 Å². The van der Waals surface area contributed by atoms with Gasteiger partial charge >= 0.3 is 5.97 Å². The number of halogens is 1. The van der Waals surface area contributed by atoms with Gasteiger partial charge in [0.2, 0.25) is 10.0 Å². The van der Waals surface area contributed by atoms with Gasteiger partial charge in [0.15, 0.2) is 0 Å². The number of carbonyl (C=O) groups excluding carboxylic acids is 1. The number of benzene rings is 2. The van der Waals surface area contributed by atoms with E-state index in [2.05, 4.69) is 4.72 Å². The predicted octanol–water partition coefficient (Wildman–Crippen LogP) is 3.26. The smallest absolute Gasteiger partial charge is 0.338 e. The van der Waals surface area contributed by atoms with Crippen molar-refractivity contribution in [1.29, 1.82) is 0 Å². The molecule has 2 aromatic carbocycles. The summed E-state index contributed by atoms with van der Waals surface area (Å²) in [7, 11) is -3.62. The van der Waals surface area contributed by atoms with Crippen LogP contribution >= 0.6 is 0 Å². The summed E-state index contributed by atoms with van der Waals surface area (Å²) in [6, 6.07) is 11.1. The molecule has 0 aromatic heterocycles. The molecule has 7 heteroatoms. The van der Waals surface area contributed by atoms with Crippen LogP contribution in [-0.2, 0) is 21.4 Å². The van der Waals surface area contributed by atoms with Gasteiger partial charge in [-0.15, -0.1) is 0 Å². The molecule has 0 saturated carbocycles. The van der Waals surface area contributed by atoms with Crippen LogP contribution in [0.5, 0.6) is 0 Å². The molecule has 0 aliphatic carbocycles. The standard InChI is InChI=1S/C18H20FNO4S/c1-3-13(2)20-25(22,23)17-9-7-15(8-10-17)18(21)24-12-14-5-4-6-16(19)11-14/h4-11,13,20H,3,12H2,1-2H3. The van der Waals surface area contributed by atoms with E-state index in [0.717, 1.165) is 0 Å². The number of ether oxygens (including phenoxy) is 1. The first kappa shape index (κ1) is 19.1. The van der Waals surface area contributed by atoms with Gasteiger partial charge in [-0.2, -0.15) is 0 Å². The van der Waals surface area contributed by atoms with Crippen LogP contribution in [0.1, 0.15) is 36.2 Å². The van der Waals surface area contributed by atoms with Crippen molar-refractivity contribution in [2.24, 2.45) is 0 Å². The lowest BCUT2D eigenvalue weighted by atomic mass is 10.2. The van der Waals surface area contributed by atoms with Crippen LogP contribution in [0.15, 0.2) is 53.4 Å². The van der Waals surface area contributed by atoms with Gasteiger partial charge in [0.05, 0.1) is 10.5 Å².